The minimum absolute atomic E-state index is 0.0888. The highest BCUT2D eigenvalue weighted by atomic mass is 32.2. The van der Waals surface area contributed by atoms with Gasteiger partial charge < -0.3 is 4.74 Å². The van der Waals surface area contributed by atoms with Crippen LogP contribution in [0.4, 0.5) is 5.13 Å². The van der Waals surface area contributed by atoms with Gasteiger partial charge in [0.25, 0.3) is 5.91 Å². The largest absolute Gasteiger partial charge is 0.373 e. The van der Waals surface area contributed by atoms with Crippen molar-refractivity contribution >= 4 is 32.4 Å². The predicted molar refractivity (Wildman–Crippen MR) is 125 cm³/mol. The SMILES string of the molecule is Cc1ccc(-c2csc(NC(=O)c3cccc(S(=O)(=O)N4CC(C)OC(C)C4)c3)n2)cc1. The van der Waals surface area contributed by atoms with Gasteiger partial charge in [-0.3, -0.25) is 10.1 Å². The zero-order chi connectivity index (χ0) is 22.9. The first-order valence-corrected chi connectivity index (χ1v) is 12.6. The van der Waals surface area contributed by atoms with Crippen molar-refractivity contribution in [3.8, 4) is 11.3 Å². The van der Waals surface area contributed by atoms with Crippen LogP contribution >= 0.6 is 11.3 Å². The maximum absolute atomic E-state index is 13.1. The van der Waals surface area contributed by atoms with Gasteiger partial charge >= 0.3 is 0 Å². The van der Waals surface area contributed by atoms with E-state index < -0.39 is 15.9 Å². The van der Waals surface area contributed by atoms with Gasteiger partial charge in [0.05, 0.1) is 22.8 Å². The summed E-state index contributed by atoms with van der Waals surface area (Å²) >= 11 is 1.32. The second-order valence-corrected chi connectivity index (χ2v) is 10.8. The van der Waals surface area contributed by atoms with Gasteiger partial charge in [-0.2, -0.15) is 4.31 Å². The van der Waals surface area contributed by atoms with Crippen LogP contribution in [0.1, 0.15) is 29.8 Å². The molecule has 0 radical (unpaired) electrons. The minimum atomic E-state index is -3.73. The number of rotatable bonds is 5. The van der Waals surface area contributed by atoms with Crippen molar-refractivity contribution < 1.29 is 17.9 Å². The summed E-state index contributed by atoms with van der Waals surface area (Å²) in [5, 5.41) is 5.10. The molecule has 2 atom stereocenters. The molecule has 2 aromatic carbocycles. The van der Waals surface area contributed by atoms with E-state index in [1.807, 2.05) is 50.4 Å². The Hall–Kier alpha value is -2.59. The summed E-state index contributed by atoms with van der Waals surface area (Å²) in [6.07, 6.45) is -0.375. The first-order valence-electron chi connectivity index (χ1n) is 10.3. The third-order valence-corrected chi connectivity index (χ3v) is 7.78. The van der Waals surface area contributed by atoms with Crippen molar-refractivity contribution in [3.63, 3.8) is 0 Å². The monoisotopic (exact) mass is 471 g/mol. The molecule has 1 fully saturated rings. The molecule has 7 nitrogen and oxygen atoms in total. The number of nitrogens with one attached hydrogen (secondary N) is 1. The van der Waals surface area contributed by atoms with Gasteiger partial charge in [-0.25, -0.2) is 13.4 Å². The summed E-state index contributed by atoms with van der Waals surface area (Å²) in [6.45, 7) is 6.28. The molecule has 32 heavy (non-hydrogen) atoms. The Kier molecular flexibility index (Phi) is 6.43. The minimum Gasteiger partial charge on any atom is -0.373 e. The van der Waals surface area contributed by atoms with E-state index in [-0.39, 0.29) is 35.8 Å². The maximum Gasteiger partial charge on any atom is 0.257 e. The van der Waals surface area contributed by atoms with Crippen molar-refractivity contribution in [2.45, 2.75) is 37.9 Å². The van der Waals surface area contributed by atoms with Gasteiger partial charge in [-0.05, 0) is 39.0 Å². The highest BCUT2D eigenvalue weighted by Gasteiger charge is 2.32. The van der Waals surface area contributed by atoms with E-state index in [9.17, 15) is 13.2 Å². The van der Waals surface area contributed by atoms with Crippen LogP contribution in [0.3, 0.4) is 0 Å². The van der Waals surface area contributed by atoms with Crippen LogP contribution in [0.15, 0.2) is 58.8 Å². The van der Waals surface area contributed by atoms with Gasteiger partial charge in [-0.15, -0.1) is 11.3 Å². The topological polar surface area (TPSA) is 88.6 Å². The molecule has 0 spiro atoms. The number of sulfonamides is 1. The second-order valence-electron chi connectivity index (χ2n) is 7.97. The molecule has 1 amide bonds. The number of carbonyl (C=O) groups is 1. The maximum atomic E-state index is 13.1. The molecule has 0 bridgehead atoms. The number of ether oxygens (including phenoxy) is 1. The zero-order valence-electron chi connectivity index (χ0n) is 18.1. The molecule has 0 saturated carbocycles. The van der Waals surface area contributed by atoms with Crippen LogP contribution in [0, 0.1) is 6.92 Å². The molecule has 3 aromatic rings. The molecule has 2 unspecified atom stereocenters. The number of anilines is 1. The summed E-state index contributed by atoms with van der Waals surface area (Å²) in [6, 6.07) is 14.1. The average Bonchev–Trinajstić information content (AvgIpc) is 3.22. The Bertz CT molecular complexity index is 1210. The van der Waals surface area contributed by atoms with Crippen molar-refractivity contribution in [2.75, 3.05) is 18.4 Å². The predicted octanol–water partition coefficient (Wildman–Crippen LogP) is 4.17. The third-order valence-electron chi connectivity index (χ3n) is 5.19. The van der Waals surface area contributed by atoms with Crippen LogP contribution in [0.25, 0.3) is 11.3 Å². The van der Waals surface area contributed by atoms with E-state index >= 15 is 0 Å². The van der Waals surface area contributed by atoms with E-state index in [1.54, 1.807) is 12.1 Å². The van der Waals surface area contributed by atoms with Gasteiger partial charge in [0.2, 0.25) is 10.0 Å². The van der Waals surface area contributed by atoms with Gasteiger partial charge in [0.1, 0.15) is 0 Å². The Morgan fingerprint density at radius 2 is 1.81 bits per heavy atom. The number of hydrogen-bond acceptors (Lipinski definition) is 6. The molecule has 0 aliphatic carbocycles. The fraction of sp³-hybridized carbons (Fsp3) is 0.304. The molecular weight excluding hydrogens is 446 g/mol. The quantitative estimate of drug-likeness (QED) is 0.603. The van der Waals surface area contributed by atoms with Gasteiger partial charge in [0, 0.05) is 29.6 Å². The number of aromatic nitrogens is 1. The van der Waals surface area contributed by atoms with Crippen molar-refractivity contribution in [1.82, 2.24) is 9.29 Å². The molecule has 168 valence electrons. The molecule has 1 aliphatic rings. The second kappa shape index (κ2) is 9.11. The number of morpholine rings is 1. The van der Waals surface area contributed by atoms with Crippen molar-refractivity contribution in [1.29, 1.82) is 0 Å². The van der Waals surface area contributed by atoms with Crippen LogP contribution in [-0.2, 0) is 14.8 Å². The lowest BCUT2D eigenvalue weighted by Crippen LogP contribution is -2.48. The molecule has 1 N–H and O–H groups in total. The molecule has 4 rings (SSSR count). The number of benzene rings is 2. The smallest absolute Gasteiger partial charge is 0.257 e. The Labute approximate surface area is 192 Å². The Morgan fingerprint density at radius 1 is 1.12 bits per heavy atom. The Morgan fingerprint density at radius 3 is 2.50 bits per heavy atom. The molecular formula is C23H25N3O4S2. The van der Waals surface area contributed by atoms with Crippen molar-refractivity contribution in [2.24, 2.45) is 0 Å². The zero-order valence-corrected chi connectivity index (χ0v) is 19.7. The lowest BCUT2D eigenvalue weighted by Gasteiger charge is -2.34. The summed E-state index contributed by atoms with van der Waals surface area (Å²) < 4.78 is 33.3. The number of aryl methyl sites for hydroxylation is 1. The highest BCUT2D eigenvalue weighted by Crippen LogP contribution is 2.26. The fourth-order valence-electron chi connectivity index (χ4n) is 3.63. The number of nitrogens with zero attached hydrogens (tertiary/aromatic N) is 2. The highest BCUT2D eigenvalue weighted by molar-refractivity contribution is 7.89. The lowest BCUT2D eigenvalue weighted by atomic mass is 10.1. The third kappa shape index (κ3) is 4.91. The van der Waals surface area contributed by atoms with Crippen molar-refractivity contribution in [3.05, 3.63) is 65.0 Å². The normalized spacial score (nSPS) is 19.6. The fourth-order valence-corrected chi connectivity index (χ4v) is 5.98. The van der Waals surface area contributed by atoms with E-state index in [0.29, 0.717) is 5.13 Å². The van der Waals surface area contributed by atoms with E-state index in [2.05, 4.69) is 10.3 Å². The molecule has 1 aliphatic heterocycles. The number of hydrogen-bond donors (Lipinski definition) is 1. The average molecular weight is 472 g/mol. The lowest BCUT2D eigenvalue weighted by molar-refractivity contribution is -0.0440. The number of amides is 1. The number of carbonyl (C=O) groups excluding carboxylic acids is 1. The van der Waals surface area contributed by atoms with Gasteiger partial charge in [0.15, 0.2) is 5.13 Å². The van der Waals surface area contributed by atoms with Crippen LogP contribution in [0.5, 0.6) is 0 Å². The first-order chi connectivity index (χ1) is 15.2. The van der Waals surface area contributed by atoms with Crippen LogP contribution in [0.2, 0.25) is 0 Å². The summed E-state index contributed by atoms with van der Waals surface area (Å²) in [5.41, 5.74) is 3.16. The molecule has 1 saturated heterocycles. The number of thiazole rings is 1. The molecule has 2 heterocycles. The summed E-state index contributed by atoms with van der Waals surface area (Å²) in [7, 11) is -3.73. The van der Waals surface area contributed by atoms with E-state index in [1.165, 1.54) is 27.8 Å². The summed E-state index contributed by atoms with van der Waals surface area (Å²) in [5.74, 6) is -0.407. The first kappa shape index (κ1) is 22.6. The van der Waals surface area contributed by atoms with Gasteiger partial charge in [-0.1, -0.05) is 35.9 Å². The molecule has 1 aromatic heterocycles. The Balaban J connectivity index is 1.51. The molecule has 9 heteroatoms. The van der Waals surface area contributed by atoms with E-state index in [4.69, 9.17) is 4.74 Å². The van der Waals surface area contributed by atoms with Crippen LogP contribution in [-0.4, -0.2) is 48.9 Å². The van der Waals surface area contributed by atoms with Crippen LogP contribution < -0.4 is 5.32 Å². The standard InChI is InChI=1S/C23H25N3O4S2/c1-15-7-9-18(10-8-15)21-14-31-23(24-21)25-22(27)19-5-4-6-20(11-19)32(28,29)26-12-16(2)30-17(3)13-26/h4-11,14,16-17H,12-13H2,1-3H3,(H,24,25,27). The van der Waals surface area contributed by atoms with E-state index in [0.717, 1.165) is 16.8 Å². The summed E-state index contributed by atoms with van der Waals surface area (Å²) in [4.78, 5) is 17.4.